The summed E-state index contributed by atoms with van der Waals surface area (Å²) in [5.41, 5.74) is 0.753. The number of rotatable bonds is 4. The van der Waals surface area contributed by atoms with Gasteiger partial charge in [-0.3, -0.25) is 4.79 Å². The van der Waals surface area contributed by atoms with Crippen molar-refractivity contribution >= 4 is 33.2 Å². The van der Waals surface area contributed by atoms with E-state index >= 15 is 0 Å². The van der Waals surface area contributed by atoms with Gasteiger partial charge in [-0.05, 0) is 24.3 Å². The molecule has 0 spiro atoms. The molecule has 4 heteroatoms. The van der Waals surface area contributed by atoms with Crippen LogP contribution in [0.3, 0.4) is 0 Å². The van der Waals surface area contributed by atoms with Gasteiger partial charge in [-0.1, -0.05) is 22.9 Å². The van der Waals surface area contributed by atoms with E-state index in [2.05, 4.69) is 28.2 Å². The number of nitrogens with one attached hydrogen (secondary N) is 1. The second-order valence-corrected chi connectivity index (χ2v) is 4.83. The fraction of sp³-hybridized carbons (Fsp3) is 0.500. The van der Waals surface area contributed by atoms with Gasteiger partial charge in [0, 0.05) is 22.3 Å². The minimum absolute atomic E-state index is 0.0200. The molecule has 0 aromatic carbocycles. The molecule has 0 radical (unpaired) electrons. The first-order chi connectivity index (χ1) is 6.65. The molecule has 1 heterocycles. The molecule has 1 aromatic heterocycles. The van der Waals surface area contributed by atoms with Crippen LogP contribution in [0.25, 0.3) is 0 Å². The predicted molar refractivity (Wildman–Crippen MR) is 64.2 cm³/mol. The third-order valence-electron chi connectivity index (χ3n) is 2.24. The van der Waals surface area contributed by atoms with Crippen molar-refractivity contribution in [1.82, 2.24) is 5.32 Å². The van der Waals surface area contributed by atoms with E-state index in [0.717, 1.165) is 10.9 Å². The van der Waals surface area contributed by atoms with Crippen LogP contribution in [0.4, 0.5) is 0 Å². The van der Waals surface area contributed by atoms with E-state index in [0.29, 0.717) is 5.92 Å². The molecule has 0 saturated heterocycles. The van der Waals surface area contributed by atoms with Gasteiger partial charge in [0.25, 0.3) is 5.91 Å². The Morgan fingerprint density at radius 1 is 1.64 bits per heavy atom. The molecular weight excluding hydrogens is 262 g/mol. The predicted octanol–water partition coefficient (Wildman–Crippen LogP) is 2.90. The van der Waals surface area contributed by atoms with Gasteiger partial charge in [0.15, 0.2) is 0 Å². The maximum Gasteiger partial charge on any atom is 0.252 e. The van der Waals surface area contributed by atoms with E-state index in [9.17, 15) is 4.79 Å². The summed E-state index contributed by atoms with van der Waals surface area (Å²) in [6, 6.07) is 2.03. The van der Waals surface area contributed by atoms with Crippen LogP contribution < -0.4 is 5.32 Å². The van der Waals surface area contributed by atoms with Crippen molar-refractivity contribution < 1.29 is 4.79 Å². The normalized spacial score (nSPS) is 14.8. The summed E-state index contributed by atoms with van der Waals surface area (Å²) < 4.78 is 0. The maximum atomic E-state index is 11.6. The molecule has 1 N–H and O–H groups in total. The zero-order valence-electron chi connectivity index (χ0n) is 8.29. The molecule has 1 aromatic rings. The highest BCUT2D eigenvalue weighted by atomic mass is 79.9. The first kappa shape index (κ1) is 11.7. The van der Waals surface area contributed by atoms with Crippen LogP contribution in [0.5, 0.6) is 0 Å². The summed E-state index contributed by atoms with van der Waals surface area (Å²) in [6.45, 7) is 4.13. The zero-order valence-corrected chi connectivity index (χ0v) is 10.7. The van der Waals surface area contributed by atoms with Gasteiger partial charge < -0.3 is 5.32 Å². The Hall–Kier alpha value is -0.350. The second-order valence-electron chi connectivity index (χ2n) is 3.41. The Balaban J connectivity index is 2.49. The summed E-state index contributed by atoms with van der Waals surface area (Å²) in [4.78, 5) is 11.6. The van der Waals surface area contributed by atoms with Crippen molar-refractivity contribution in [3.63, 3.8) is 0 Å². The molecule has 14 heavy (non-hydrogen) atoms. The highest BCUT2D eigenvalue weighted by Crippen LogP contribution is 2.09. The minimum Gasteiger partial charge on any atom is -0.349 e. The standard InChI is InChI=1S/C10H14BrNOS/c1-7(5-11)8(2)12-10(13)9-3-4-14-6-9/h3-4,6-8H,5H2,1-2H3,(H,12,13). The average Bonchev–Trinajstić information content (AvgIpc) is 2.69. The van der Waals surface area contributed by atoms with Crippen LogP contribution in [-0.2, 0) is 0 Å². The van der Waals surface area contributed by atoms with E-state index in [1.165, 1.54) is 11.3 Å². The number of halogens is 1. The number of carbonyl (C=O) groups excluding carboxylic acids is 1. The summed E-state index contributed by atoms with van der Waals surface area (Å²) in [6.07, 6.45) is 0. The van der Waals surface area contributed by atoms with Crippen LogP contribution in [0.15, 0.2) is 16.8 Å². The monoisotopic (exact) mass is 275 g/mol. The van der Waals surface area contributed by atoms with Crippen LogP contribution in [0, 0.1) is 5.92 Å². The fourth-order valence-corrected chi connectivity index (χ4v) is 2.16. The minimum atomic E-state index is 0.0200. The Kier molecular flexibility index (Phi) is 4.62. The smallest absolute Gasteiger partial charge is 0.252 e. The summed E-state index contributed by atoms with van der Waals surface area (Å²) >= 11 is 4.94. The number of thiophene rings is 1. The van der Waals surface area contributed by atoms with Gasteiger partial charge in [0.05, 0.1) is 0 Å². The molecule has 0 bridgehead atoms. The summed E-state index contributed by atoms with van der Waals surface area (Å²) in [5, 5.41) is 7.64. The number of hydrogen-bond acceptors (Lipinski definition) is 2. The largest absolute Gasteiger partial charge is 0.349 e. The van der Waals surface area contributed by atoms with E-state index < -0.39 is 0 Å². The lowest BCUT2D eigenvalue weighted by Gasteiger charge is -2.18. The van der Waals surface area contributed by atoms with Crippen molar-refractivity contribution in [3.05, 3.63) is 22.4 Å². The molecule has 0 fully saturated rings. The van der Waals surface area contributed by atoms with E-state index in [-0.39, 0.29) is 11.9 Å². The summed E-state index contributed by atoms with van der Waals surface area (Å²) in [7, 11) is 0. The molecule has 0 saturated carbocycles. The molecule has 1 rings (SSSR count). The first-order valence-corrected chi connectivity index (χ1v) is 6.60. The molecule has 2 nitrogen and oxygen atoms in total. The van der Waals surface area contributed by atoms with E-state index in [4.69, 9.17) is 0 Å². The van der Waals surface area contributed by atoms with E-state index in [1.807, 2.05) is 23.8 Å². The highest BCUT2D eigenvalue weighted by molar-refractivity contribution is 9.09. The van der Waals surface area contributed by atoms with Gasteiger partial charge in [0.1, 0.15) is 0 Å². The Morgan fingerprint density at radius 2 is 2.36 bits per heavy atom. The van der Waals surface area contributed by atoms with Crippen molar-refractivity contribution in [2.45, 2.75) is 19.9 Å². The number of hydrogen-bond donors (Lipinski definition) is 1. The Morgan fingerprint density at radius 3 is 2.86 bits per heavy atom. The number of carbonyl (C=O) groups is 1. The van der Waals surface area contributed by atoms with Crippen molar-refractivity contribution in [2.75, 3.05) is 5.33 Å². The molecule has 0 aliphatic heterocycles. The van der Waals surface area contributed by atoms with Crippen molar-refractivity contribution in [2.24, 2.45) is 5.92 Å². The maximum absolute atomic E-state index is 11.6. The lowest BCUT2D eigenvalue weighted by atomic mass is 10.1. The topological polar surface area (TPSA) is 29.1 Å². The summed E-state index contributed by atoms with van der Waals surface area (Å²) in [5.74, 6) is 0.462. The van der Waals surface area contributed by atoms with Crippen LogP contribution in [-0.4, -0.2) is 17.3 Å². The molecule has 0 aliphatic rings. The molecule has 2 atom stereocenters. The fourth-order valence-electron chi connectivity index (χ4n) is 0.960. The van der Waals surface area contributed by atoms with Crippen LogP contribution in [0.2, 0.25) is 0 Å². The van der Waals surface area contributed by atoms with Crippen LogP contribution in [0.1, 0.15) is 24.2 Å². The highest BCUT2D eigenvalue weighted by Gasteiger charge is 2.14. The third kappa shape index (κ3) is 3.10. The molecule has 78 valence electrons. The quantitative estimate of drug-likeness (QED) is 0.842. The van der Waals surface area contributed by atoms with Gasteiger partial charge in [-0.2, -0.15) is 11.3 Å². The number of alkyl halides is 1. The van der Waals surface area contributed by atoms with Gasteiger partial charge in [0.2, 0.25) is 0 Å². The lowest BCUT2D eigenvalue weighted by Crippen LogP contribution is -2.37. The Labute approximate surface area is 96.8 Å². The van der Waals surface area contributed by atoms with Gasteiger partial charge >= 0.3 is 0 Å². The third-order valence-corrected chi connectivity index (χ3v) is 3.94. The molecule has 0 aliphatic carbocycles. The Bertz CT molecular complexity index is 286. The lowest BCUT2D eigenvalue weighted by molar-refractivity contribution is 0.0931. The number of amides is 1. The van der Waals surface area contributed by atoms with Crippen LogP contribution >= 0.6 is 27.3 Å². The SMILES string of the molecule is CC(CBr)C(C)NC(=O)c1ccsc1. The van der Waals surface area contributed by atoms with Gasteiger partial charge in [-0.25, -0.2) is 0 Å². The van der Waals surface area contributed by atoms with Crippen molar-refractivity contribution in [1.29, 1.82) is 0 Å². The van der Waals surface area contributed by atoms with E-state index in [1.54, 1.807) is 0 Å². The first-order valence-electron chi connectivity index (χ1n) is 4.54. The average molecular weight is 276 g/mol. The zero-order chi connectivity index (χ0) is 10.6. The molecule has 1 amide bonds. The molecular formula is C10H14BrNOS. The molecule has 2 unspecified atom stereocenters. The van der Waals surface area contributed by atoms with Gasteiger partial charge in [-0.15, -0.1) is 0 Å². The second kappa shape index (κ2) is 5.51. The van der Waals surface area contributed by atoms with Crippen molar-refractivity contribution in [3.8, 4) is 0 Å².